The van der Waals surface area contributed by atoms with Gasteiger partial charge in [-0.05, 0) is 36.8 Å². The van der Waals surface area contributed by atoms with E-state index in [1.165, 1.54) is 25.7 Å². The van der Waals surface area contributed by atoms with Gasteiger partial charge in [-0.2, -0.15) is 0 Å². The molecule has 1 N–H and O–H groups in total. The minimum Gasteiger partial charge on any atom is -0.326 e. The van der Waals surface area contributed by atoms with Crippen LogP contribution in [0, 0.1) is 17.8 Å². The Morgan fingerprint density at radius 1 is 1.22 bits per heavy atom. The van der Waals surface area contributed by atoms with E-state index < -0.39 is 0 Å². The maximum atomic E-state index is 12.1. The van der Waals surface area contributed by atoms with Crippen LogP contribution in [0.4, 0.5) is 5.69 Å². The van der Waals surface area contributed by atoms with Gasteiger partial charge in [0.05, 0.1) is 0 Å². The lowest BCUT2D eigenvalue weighted by molar-refractivity contribution is -0.117. The number of aldehydes is 1. The molecule has 1 aromatic carbocycles. The van der Waals surface area contributed by atoms with Crippen molar-refractivity contribution in [2.24, 2.45) is 17.8 Å². The van der Waals surface area contributed by atoms with Crippen molar-refractivity contribution in [1.29, 1.82) is 0 Å². The van der Waals surface area contributed by atoms with Gasteiger partial charge in [-0.15, -0.1) is 0 Å². The molecule has 1 amide bonds. The highest BCUT2D eigenvalue weighted by Gasteiger charge is 2.54. The molecule has 3 heteroatoms. The Labute approximate surface area is 107 Å². The molecule has 2 aliphatic carbocycles. The van der Waals surface area contributed by atoms with E-state index in [4.69, 9.17) is 0 Å². The Balaban J connectivity index is 1.66. The third kappa shape index (κ3) is 2.05. The van der Waals surface area contributed by atoms with E-state index in [2.05, 4.69) is 5.32 Å². The number of nitrogens with one attached hydrogen (secondary N) is 1. The first kappa shape index (κ1) is 11.5. The van der Waals surface area contributed by atoms with Crippen LogP contribution >= 0.6 is 0 Å². The van der Waals surface area contributed by atoms with Crippen LogP contribution in [0.5, 0.6) is 0 Å². The molecular formula is C15H17NO2. The van der Waals surface area contributed by atoms with Crippen LogP contribution in [0.2, 0.25) is 0 Å². The molecule has 0 spiro atoms. The van der Waals surface area contributed by atoms with Crippen molar-refractivity contribution in [3.05, 3.63) is 29.8 Å². The zero-order valence-electron chi connectivity index (χ0n) is 10.3. The molecule has 1 aromatic rings. The predicted molar refractivity (Wildman–Crippen MR) is 69.4 cm³/mol. The molecular weight excluding hydrogens is 226 g/mol. The van der Waals surface area contributed by atoms with Gasteiger partial charge < -0.3 is 5.32 Å². The van der Waals surface area contributed by atoms with E-state index in [9.17, 15) is 9.59 Å². The fourth-order valence-electron chi connectivity index (χ4n) is 3.30. The number of rotatable bonds is 3. The molecule has 2 saturated carbocycles. The molecule has 0 aliphatic heterocycles. The van der Waals surface area contributed by atoms with Gasteiger partial charge in [-0.1, -0.05) is 25.0 Å². The monoisotopic (exact) mass is 243 g/mol. The summed E-state index contributed by atoms with van der Waals surface area (Å²) in [4.78, 5) is 22.8. The second kappa shape index (κ2) is 4.56. The highest BCUT2D eigenvalue weighted by atomic mass is 16.2. The van der Waals surface area contributed by atoms with E-state index >= 15 is 0 Å². The molecule has 0 radical (unpaired) electrons. The summed E-state index contributed by atoms with van der Waals surface area (Å²) in [6.07, 6.45) is 5.75. The lowest BCUT2D eigenvalue weighted by atomic mass is 10.0. The van der Waals surface area contributed by atoms with Gasteiger partial charge in [0.1, 0.15) is 6.29 Å². The summed E-state index contributed by atoms with van der Waals surface area (Å²) in [5.41, 5.74) is 1.33. The molecule has 94 valence electrons. The highest BCUT2D eigenvalue weighted by molar-refractivity contribution is 5.95. The standard InChI is InChI=1S/C15H17NO2/c17-9-10-4-3-5-11(8-10)16-15(18)14-12-6-1-2-7-13(12)14/h3-5,8-9,12-14H,1-2,6-7H2,(H,16,18). The Morgan fingerprint density at radius 2 is 1.94 bits per heavy atom. The molecule has 0 saturated heterocycles. The summed E-state index contributed by atoms with van der Waals surface area (Å²) >= 11 is 0. The number of carbonyl (C=O) groups is 2. The molecule has 2 atom stereocenters. The van der Waals surface area contributed by atoms with Gasteiger partial charge in [0.2, 0.25) is 5.91 Å². The van der Waals surface area contributed by atoms with Crippen LogP contribution in [0.1, 0.15) is 36.0 Å². The quantitative estimate of drug-likeness (QED) is 0.830. The van der Waals surface area contributed by atoms with E-state index in [0.717, 1.165) is 12.0 Å². The minimum atomic E-state index is 0.134. The number of benzene rings is 1. The second-order valence-electron chi connectivity index (χ2n) is 5.37. The largest absolute Gasteiger partial charge is 0.326 e. The Kier molecular flexibility index (Phi) is 2.90. The van der Waals surface area contributed by atoms with Gasteiger partial charge >= 0.3 is 0 Å². The first-order valence-electron chi connectivity index (χ1n) is 6.66. The van der Waals surface area contributed by atoms with Gasteiger partial charge in [-0.3, -0.25) is 9.59 Å². The molecule has 0 bridgehead atoms. The maximum absolute atomic E-state index is 12.1. The van der Waals surface area contributed by atoms with Gasteiger partial charge in [0, 0.05) is 17.2 Å². The first-order chi connectivity index (χ1) is 8.79. The Bertz CT molecular complexity index is 471. The zero-order valence-corrected chi connectivity index (χ0v) is 10.3. The topological polar surface area (TPSA) is 46.2 Å². The molecule has 2 unspecified atom stereocenters. The maximum Gasteiger partial charge on any atom is 0.228 e. The molecule has 18 heavy (non-hydrogen) atoms. The Morgan fingerprint density at radius 3 is 2.61 bits per heavy atom. The van der Waals surface area contributed by atoms with E-state index in [1.54, 1.807) is 18.2 Å². The number of hydrogen-bond donors (Lipinski definition) is 1. The summed E-state index contributed by atoms with van der Waals surface area (Å²) in [5, 5.41) is 2.94. The van der Waals surface area contributed by atoms with Gasteiger partial charge in [0.15, 0.2) is 0 Å². The molecule has 0 aromatic heterocycles. The summed E-state index contributed by atoms with van der Waals surface area (Å²) in [7, 11) is 0. The van der Waals surface area contributed by atoms with Crippen LogP contribution < -0.4 is 5.32 Å². The summed E-state index contributed by atoms with van der Waals surface area (Å²) in [5.74, 6) is 1.59. The van der Waals surface area contributed by atoms with Crippen molar-refractivity contribution in [2.75, 3.05) is 5.32 Å². The molecule has 2 fully saturated rings. The van der Waals surface area contributed by atoms with Crippen molar-refractivity contribution >= 4 is 17.9 Å². The zero-order chi connectivity index (χ0) is 12.5. The van der Waals surface area contributed by atoms with E-state index in [0.29, 0.717) is 17.4 Å². The molecule has 3 rings (SSSR count). The van der Waals surface area contributed by atoms with Crippen molar-refractivity contribution in [1.82, 2.24) is 0 Å². The van der Waals surface area contributed by atoms with Gasteiger partial charge in [-0.25, -0.2) is 0 Å². The van der Waals surface area contributed by atoms with Crippen molar-refractivity contribution in [3.8, 4) is 0 Å². The van der Waals surface area contributed by atoms with E-state index in [-0.39, 0.29) is 11.8 Å². The summed E-state index contributed by atoms with van der Waals surface area (Å²) < 4.78 is 0. The molecule has 0 heterocycles. The van der Waals surface area contributed by atoms with Crippen molar-refractivity contribution < 1.29 is 9.59 Å². The summed E-state index contributed by atoms with van der Waals surface area (Å²) in [6, 6.07) is 7.08. The van der Waals surface area contributed by atoms with Crippen LogP contribution in [0.15, 0.2) is 24.3 Å². The van der Waals surface area contributed by atoms with Crippen LogP contribution in [-0.4, -0.2) is 12.2 Å². The molecule has 2 aliphatic rings. The second-order valence-corrected chi connectivity index (χ2v) is 5.37. The van der Waals surface area contributed by atoms with Crippen LogP contribution in [0.3, 0.4) is 0 Å². The normalized spacial score (nSPS) is 29.2. The van der Waals surface area contributed by atoms with Gasteiger partial charge in [0.25, 0.3) is 0 Å². The third-order valence-corrected chi connectivity index (χ3v) is 4.25. The number of amides is 1. The summed E-state index contributed by atoms with van der Waals surface area (Å²) in [6.45, 7) is 0. The van der Waals surface area contributed by atoms with Crippen LogP contribution in [-0.2, 0) is 4.79 Å². The predicted octanol–water partition coefficient (Wildman–Crippen LogP) is 2.87. The third-order valence-electron chi connectivity index (χ3n) is 4.25. The average molecular weight is 243 g/mol. The smallest absolute Gasteiger partial charge is 0.228 e. The highest BCUT2D eigenvalue weighted by Crippen LogP contribution is 2.55. The first-order valence-corrected chi connectivity index (χ1v) is 6.66. The van der Waals surface area contributed by atoms with Crippen molar-refractivity contribution in [3.63, 3.8) is 0 Å². The number of anilines is 1. The molecule has 3 nitrogen and oxygen atoms in total. The lowest BCUT2D eigenvalue weighted by Crippen LogP contribution is -2.15. The number of carbonyl (C=O) groups excluding carboxylic acids is 2. The Hall–Kier alpha value is -1.64. The minimum absolute atomic E-state index is 0.134. The number of hydrogen-bond acceptors (Lipinski definition) is 2. The SMILES string of the molecule is O=Cc1cccc(NC(=O)C2C3CCCCC32)c1. The average Bonchev–Trinajstić information content (AvgIpc) is 3.13. The van der Waals surface area contributed by atoms with E-state index in [1.807, 2.05) is 6.07 Å². The lowest BCUT2D eigenvalue weighted by Gasteiger charge is -2.05. The fraction of sp³-hybridized carbons (Fsp3) is 0.467. The fourth-order valence-corrected chi connectivity index (χ4v) is 3.30. The van der Waals surface area contributed by atoms with Crippen molar-refractivity contribution in [2.45, 2.75) is 25.7 Å². The van der Waals surface area contributed by atoms with Crippen LogP contribution in [0.25, 0.3) is 0 Å². The number of fused-ring (bicyclic) bond motifs is 1.